The zero-order valence-corrected chi connectivity index (χ0v) is 13.1. The largest absolute Gasteiger partial charge is 0.411 e. The maximum Gasteiger partial charge on any atom is 0.277 e. The van der Waals surface area contributed by atoms with E-state index in [1.54, 1.807) is 6.20 Å². The van der Waals surface area contributed by atoms with E-state index in [1.807, 2.05) is 42.6 Å². The summed E-state index contributed by atoms with van der Waals surface area (Å²) in [6.45, 7) is 0. The van der Waals surface area contributed by atoms with Crippen molar-refractivity contribution < 1.29 is 4.42 Å². The number of nitrogens with two attached hydrogens (primary N) is 1. The summed E-state index contributed by atoms with van der Waals surface area (Å²) in [5.74, 6) is 1.21. The van der Waals surface area contributed by atoms with E-state index in [4.69, 9.17) is 22.4 Å². The van der Waals surface area contributed by atoms with Gasteiger partial charge in [-0.25, -0.2) is 0 Å². The van der Waals surface area contributed by atoms with Crippen LogP contribution in [-0.2, 0) is 5.75 Å². The maximum atomic E-state index is 5.65. The van der Waals surface area contributed by atoms with Crippen LogP contribution in [0.2, 0.25) is 0 Å². The zero-order chi connectivity index (χ0) is 15.4. The van der Waals surface area contributed by atoms with Crippen molar-refractivity contribution in [3.05, 3.63) is 59.9 Å². The molecule has 0 saturated carbocycles. The molecule has 0 unspecified atom stereocenters. The molecule has 0 aliphatic rings. The van der Waals surface area contributed by atoms with E-state index in [1.165, 1.54) is 11.8 Å². The molecule has 110 valence electrons. The Labute approximate surface area is 137 Å². The first kappa shape index (κ1) is 14.7. The van der Waals surface area contributed by atoms with Gasteiger partial charge in [-0.2, -0.15) is 0 Å². The van der Waals surface area contributed by atoms with Gasteiger partial charge in [0.25, 0.3) is 5.22 Å². The minimum Gasteiger partial charge on any atom is -0.411 e. The molecule has 2 N–H and O–H groups in total. The van der Waals surface area contributed by atoms with Crippen molar-refractivity contribution in [2.24, 2.45) is 5.73 Å². The van der Waals surface area contributed by atoms with Crippen LogP contribution in [0.4, 0.5) is 0 Å². The second-order valence-corrected chi connectivity index (χ2v) is 5.83. The molecule has 0 aliphatic carbocycles. The fraction of sp³-hybridized carbons (Fsp3) is 0.0667. The highest BCUT2D eigenvalue weighted by atomic mass is 32.2. The monoisotopic (exact) mass is 328 g/mol. The summed E-state index contributed by atoms with van der Waals surface area (Å²) in [4.78, 5) is 4.44. The number of nitrogens with zero attached hydrogens (tertiary/aromatic N) is 3. The van der Waals surface area contributed by atoms with Gasteiger partial charge >= 0.3 is 0 Å². The summed E-state index contributed by atoms with van der Waals surface area (Å²) < 4.78 is 5.65. The van der Waals surface area contributed by atoms with E-state index >= 15 is 0 Å². The Kier molecular flexibility index (Phi) is 4.45. The summed E-state index contributed by atoms with van der Waals surface area (Å²) in [6, 6.07) is 11.3. The summed E-state index contributed by atoms with van der Waals surface area (Å²) in [5.41, 5.74) is 8.32. The highest BCUT2D eigenvalue weighted by Gasteiger charge is 2.09. The van der Waals surface area contributed by atoms with Crippen molar-refractivity contribution in [1.29, 1.82) is 0 Å². The average molecular weight is 328 g/mol. The summed E-state index contributed by atoms with van der Waals surface area (Å²) in [5, 5.41) is 8.62. The van der Waals surface area contributed by atoms with Crippen LogP contribution in [-0.4, -0.2) is 20.2 Å². The van der Waals surface area contributed by atoms with Gasteiger partial charge in [0.05, 0.1) is 0 Å². The van der Waals surface area contributed by atoms with Gasteiger partial charge in [0.15, 0.2) is 0 Å². The molecule has 22 heavy (non-hydrogen) atoms. The van der Waals surface area contributed by atoms with Gasteiger partial charge in [-0.15, -0.1) is 10.2 Å². The molecular formula is C15H12N4OS2. The van der Waals surface area contributed by atoms with Crippen LogP contribution in [0.1, 0.15) is 11.1 Å². The van der Waals surface area contributed by atoms with Gasteiger partial charge in [0.1, 0.15) is 4.99 Å². The molecule has 1 aromatic carbocycles. The lowest BCUT2D eigenvalue weighted by molar-refractivity contribution is 0.466. The van der Waals surface area contributed by atoms with E-state index in [-0.39, 0.29) is 0 Å². The summed E-state index contributed by atoms with van der Waals surface area (Å²) in [7, 11) is 0. The molecule has 0 fully saturated rings. The predicted molar refractivity (Wildman–Crippen MR) is 89.4 cm³/mol. The number of thiocarbonyl (C=S) groups is 1. The molecule has 0 spiro atoms. The van der Waals surface area contributed by atoms with Crippen LogP contribution < -0.4 is 5.73 Å². The van der Waals surface area contributed by atoms with Crippen LogP contribution in [0.3, 0.4) is 0 Å². The fourth-order valence-electron chi connectivity index (χ4n) is 1.79. The van der Waals surface area contributed by atoms with Gasteiger partial charge in [-0.3, -0.25) is 4.98 Å². The van der Waals surface area contributed by atoms with E-state index in [0.29, 0.717) is 16.1 Å². The number of pyridine rings is 1. The Bertz CT molecular complexity index is 772. The molecule has 2 aromatic heterocycles. The molecule has 3 rings (SSSR count). The first-order chi connectivity index (χ1) is 10.7. The highest BCUT2D eigenvalue weighted by Crippen LogP contribution is 2.25. The Morgan fingerprint density at radius 2 is 2.00 bits per heavy atom. The average Bonchev–Trinajstić information content (AvgIpc) is 3.03. The second-order valence-electron chi connectivity index (χ2n) is 4.46. The standard InChI is InChI=1S/C15H12N4OS2/c16-13(21)11-3-5-12(6-4-11)14-18-19-15(20-14)22-9-10-2-1-7-17-8-10/h1-8H,9H2,(H2,16,21). The smallest absolute Gasteiger partial charge is 0.277 e. The van der Waals surface area contributed by atoms with Crippen LogP contribution in [0.15, 0.2) is 58.4 Å². The first-order valence-electron chi connectivity index (χ1n) is 6.48. The summed E-state index contributed by atoms with van der Waals surface area (Å²) in [6.07, 6.45) is 3.56. The quantitative estimate of drug-likeness (QED) is 0.569. The molecular weight excluding hydrogens is 316 g/mol. The van der Waals surface area contributed by atoms with Crippen LogP contribution in [0, 0.1) is 0 Å². The molecule has 7 heteroatoms. The third kappa shape index (κ3) is 3.49. The zero-order valence-electron chi connectivity index (χ0n) is 11.5. The van der Waals surface area contributed by atoms with Crippen LogP contribution in [0.25, 0.3) is 11.5 Å². The Balaban J connectivity index is 1.69. The maximum absolute atomic E-state index is 5.65. The molecule has 0 saturated heterocycles. The lowest BCUT2D eigenvalue weighted by Crippen LogP contribution is -2.08. The minimum absolute atomic E-state index is 0.366. The van der Waals surface area contributed by atoms with Crippen molar-refractivity contribution >= 4 is 29.0 Å². The number of hydrogen-bond acceptors (Lipinski definition) is 6. The lowest BCUT2D eigenvalue weighted by Gasteiger charge is -1.99. The van der Waals surface area contributed by atoms with E-state index in [0.717, 1.165) is 22.4 Å². The van der Waals surface area contributed by atoms with Crippen LogP contribution >= 0.6 is 24.0 Å². The Morgan fingerprint density at radius 3 is 2.68 bits per heavy atom. The molecule has 0 aliphatic heterocycles. The highest BCUT2D eigenvalue weighted by molar-refractivity contribution is 7.98. The third-order valence-corrected chi connectivity index (χ3v) is 4.03. The van der Waals surface area contributed by atoms with Gasteiger partial charge < -0.3 is 10.2 Å². The summed E-state index contributed by atoms with van der Waals surface area (Å²) >= 11 is 6.40. The Hall–Kier alpha value is -2.25. The molecule has 0 atom stereocenters. The number of aromatic nitrogens is 3. The van der Waals surface area contributed by atoms with Gasteiger partial charge in [-0.1, -0.05) is 42.2 Å². The lowest BCUT2D eigenvalue weighted by atomic mass is 10.1. The van der Waals surface area contributed by atoms with Crippen molar-refractivity contribution in [2.45, 2.75) is 11.0 Å². The normalized spacial score (nSPS) is 10.5. The number of rotatable bonds is 5. The molecule has 5 nitrogen and oxygen atoms in total. The van der Waals surface area contributed by atoms with Gasteiger partial charge in [-0.05, 0) is 23.8 Å². The number of benzene rings is 1. The number of hydrogen-bond donors (Lipinski definition) is 1. The molecule has 0 radical (unpaired) electrons. The topological polar surface area (TPSA) is 77.8 Å². The van der Waals surface area contributed by atoms with Crippen molar-refractivity contribution in [3.8, 4) is 11.5 Å². The van der Waals surface area contributed by atoms with Crippen molar-refractivity contribution in [3.63, 3.8) is 0 Å². The minimum atomic E-state index is 0.366. The van der Waals surface area contributed by atoms with E-state index in [9.17, 15) is 0 Å². The predicted octanol–water partition coefficient (Wildman–Crippen LogP) is 3.06. The van der Waals surface area contributed by atoms with Crippen LogP contribution in [0.5, 0.6) is 0 Å². The second kappa shape index (κ2) is 6.67. The van der Waals surface area contributed by atoms with Crippen molar-refractivity contribution in [1.82, 2.24) is 15.2 Å². The van der Waals surface area contributed by atoms with Gasteiger partial charge in [0, 0.05) is 29.3 Å². The number of thioether (sulfide) groups is 1. The van der Waals surface area contributed by atoms with E-state index in [2.05, 4.69) is 15.2 Å². The van der Waals surface area contributed by atoms with Crippen molar-refractivity contribution in [2.75, 3.05) is 0 Å². The molecule has 3 aromatic rings. The SMILES string of the molecule is NC(=S)c1ccc(-c2nnc(SCc3cccnc3)o2)cc1. The van der Waals surface area contributed by atoms with E-state index < -0.39 is 0 Å². The fourth-order valence-corrected chi connectivity index (χ4v) is 2.62. The Morgan fingerprint density at radius 1 is 1.18 bits per heavy atom. The molecule has 2 heterocycles. The molecule has 0 amide bonds. The first-order valence-corrected chi connectivity index (χ1v) is 7.87. The third-order valence-electron chi connectivity index (χ3n) is 2.91. The van der Waals surface area contributed by atoms with Gasteiger partial charge in [0.2, 0.25) is 5.89 Å². The molecule has 0 bridgehead atoms.